The van der Waals surface area contributed by atoms with Crippen molar-refractivity contribution in [1.82, 2.24) is 4.98 Å². The quantitative estimate of drug-likeness (QED) is 0.562. The zero-order chi connectivity index (χ0) is 21.1. The number of esters is 1. The monoisotopic (exact) mass is 441 g/mol. The molecule has 0 atom stereocenters. The van der Waals surface area contributed by atoms with Gasteiger partial charge in [-0.25, -0.2) is 4.79 Å². The second kappa shape index (κ2) is 8.25. The van der Waals surface area contributed by atoms with Gasteiger partial charge in [-0.1, -0.05) is 35.9 Å². The van der Waals surface area contributed by atoms with Crippen LogP contribution in [0.2, 0.25) is 5.02 Å². The SMILES string of the molecule is O=C(OCCN(C1=NS(=O)(=O)c2ccccc21)c1ccccc1Cl)c1cccnc1. The van der Waals surface area contributed by atoms with Gasteiger partial charge in [-0.3, -0.25) is 4.98 Å². The molecule has 0 saturated heterocycles. The normalized spacial score (nSPS) is 14.0. The molecule has 0 fully saturated rings. The average molecular weight is 442 g/mol. The van der Waals surface area contributed by atoms with Crippen molar-refractivity contribution in [2.24, 2.45) is 4.40 Å². The molecule has 30 heavy (non-hydrogen) atoms. The Kier molecular flexibility index (Phi) is 5.52. The summed E-state index contributed by atoms with van der Waals surface area (Å²) < 4.78 is 34.3. The maximum absolute atomic E-state index is 12.5. The van der Waals surface area contributed by atoms with Gasteiger partial charge in [-0.05, 0) is 36.4 Å². The van der Waals surface area contributed by atoms with Gasteiger partial charge in [0.05, 0.1) is 22.8 Å². The highest BCUT2D eigenvalue weighted by Gasteiger charge is 2.32. The molecule has 0 spiro atoms. The fourth-order valence-corrected chi connectivity index (χ4v) is 4.54. The fraction of sp³-hybridized carbons (Fsp3) is 0.0952. The standard InChI is InChI=1S/C21H16ClN3O4S/c22-17-8-2-3-9-18(17)25(12-13-29-21(26)15-6-5-11-23-14-15)20-16-7-1-4-10-19(16)30(27,28)24-20/h1-11,14H,12-13H2. The van der Waals surface area contributed by atoms with Crippen molar-refractivity contribution >= 4 is 39.1 Å². The van der Waals surface area contributed by atoms with Crippen molar-refractivity contribution in [2.75, 3.05) is 18.1 Å². The lowest BCUT2D eigenvalue weighted by molar-refractivity contribution is 0.0517. The molecule has 0 saturated carbocycles. The van der Waals surface area contributed by atoms with Crippen LogP contribution in [0.15, 0.2) is 82.4 Å². The lowest BCUT2D eigenvalue weighted by Crippen LogP contribution is -2.34. The summed E-state index contributed by atoms with van der Waals surface area (Å²) in [4.78, 5) is 17.9. The Morgan fingerprint density at radius 2 is 1.80 bits per heavy atom. The minimum Gasteiger partial charge on any atom is -0.460 e. The third-order valence-corrected chi connectivity index (χ3v) is 6.10. The van der Waals surface area contributed by atoms with E-state index in [0.717, 1.165) is 0 Å². The zero-order valence-corrected chi connectivity index (χ0v) is 17.2. The Morgan fingerprint density at radius 1 is 1.03 bits per heavy atom. The summed E-state index contributed by atoms with van der Waals surface area (Å²) in [6.07, 6.45) is 2.98. The molecule has 1 aliphatic heterocycles. The summed E-state index contributed by atoms with van der Waals surface area (Å²) >= 11 is 6.37. The second-order valence-electron chi connectivity index (χ2n) is 6.37. The van der Waals surface area contributed by atoms with Crippen molar-refractivity contribution in [3.8, 4) is 0 Å². The van der Waals surface area contributed by atoms with E-state index >= 15 is 0 Å². The molecule has 2 heterocycles. The molecule has 0 N–H and O–H groups in total. The molecule has 0 amide bonds. The molecule has 0 radical (unpaired) electrons. The van der Waals surface area contributed by atoms with Crippen LogP contribution < -0.4 is 4.90 Å². The van der Waals surface area contributed by atoms with E-state index in [4.69, 9.17) is 16.3 Å². The smallest absolute Gasteiger partial charge is 0.339 e. The largest absolute Gasteiger partial charge is 0.460 e. The number of ether oxygens (including phenoxy) is 1. The van der Waals surface area contributed by atoms with Gasteiger partial charge < -0.3 is 9.64 Å². The van der Waals surface area contributed by atoms with Crippen LogP contribution in [0.1, 0.15) is 15.9 Å². The molecule has 3 aromatic rings. The lowest BCUT2D eigenvalue weighted by atomic mass is 10.1. The zero-order valence-electron chi connectivity index (χ0n) is 15.6. The Bertz CT molecular complexity index is 1230. The summed E-state index contributed by atoms with van der Waals surface area (Å²) in [7, 11) is -3.82. The fourth-order valence-electron chi connectivity index (χ4n) is 3.09. The van der Waals surface area contributed by atoms with Gasteiger partial charge in [0, 0.05) is 18.0 Å². The molecular formula is C21H16ClN3O4S. The van der Waals surface area contributed by atoms with E-state index in [1.807, 2.05) is 0 Å². The molecule has 9 heteroatoms. The van der Waals surface area contributed by atoms with Gasteiger partial charge in [-0.15, -0.1) is 4.40 Å². The number of nitrogens with zero attached hydrogens (tertiary/aromatic N) is 3. The van der Waals surface area contributed by atoms with Crippen LogP contribution in [-0.4, -0.2) is 38.4 Å². The molecular weight excluding hydrogens is 426 g/mol. The average Bonchev–Trinajstić information content (AvgIpc) is 3.03. The highest BCUT2D eigenvalue weighted by Crippen LogP contribution is 2.32. The van der Waals surface area contributed by atoms with Crippen LogP contribution in [0.4, 0.5) is 5.69 Å². The van der Waals surface area contributed by atoms with E-state index < -0.39 is 16.0 Å². The number of carbonyl (C=O) groups is 1. The first kappa shape index (κ1) is 20.1. The summed E-state index contributed by atoms with van der Waals surface area (Å²) in [5.74, 6) is -0.292. The number of halogens is 1. The predicted octanol–water partition coefficient (Wildman–Crippen LogP) is 3.55. The van der Waals surface area contributed by atoms with Crippen LogP contribution in [0.25, 0.3) is 0 Å². The number of hydrogen-bond donors (Lipinski definition) is 0. The third kappa shape index (κ3) is 3.92. The minimum atomic E-state index is -3.82. The first-order chi connectivity index (χ1) is 14.5. The first-order valence-electron chi connectivity index (χ1n) is 9.01. The Labute approximate surface area is 178 Å². The van der Waals surface area contributed by atoms with E-state index in [1.165, 1.54) is 12.3 Å². The van der Waals surface area contributed by atoms with Crippen molar-refractivity contribution in [3.05, 3.63) is 89.2 Å². The number of anilines is 1. The first-order valence-corrected chi connectivity index (χ1v) is 10.8. The molecule has 0 unspecified atom stereocenters. The summed E-state index contributed by atoms with van der Waals surface area (Å²) in [6, 6.07) is 16.8. The maximum atomic E-state index is 12.5. The third-order valence-electron chi connectivity index (χ3n) is 4.46. The summed E-state index contributed by atoms with van der Waals surface area (Å²) in [5.41, 5.74) is 1.35. The Hall–Kier alpha value is -3.23. The molecule has 1 aliphatic rings. The van der Waals surface area contributed by atoms with Gasteiger partial charge in [0.2, 0.25) is 0 Å². The number of carbonyl (C=O) groups excluding carboxylic acids is 1. The molecule has 2 aromatic carbocycles. The molecule has 0 aliphatic carbocycles. The number of rotatable bonds is 5. The van der Waals surface area contributed by atoms with E-state index in [1.54, 1.807) is 65.7 Å². The number of sulfonamides is 1. The molecule has 152 valence electrons. The number of fused-ring (bicyclic) bond motifs is 1. The summed E-state index contributed by atoms with van der Waals surface area (Å²) in [6.45, 7) is 0.138. The van der Waals surface area contributed by atoms with Crippen LogP contribution in [0, 0.1) is 0 Å². The van der Waals surface area contributed by atoms with Crippen molar-refractivity contribution < 1.29 is 17.9 Å². The van der Waals surface area contributed by atoms with E-state index in [9.17, 15) is 13.2 Å². The van der Waals surface area contributed by atoms with Crippen LogP contribution in [0.5, 0.6) is 0 Å². The van der Waals surface area contributed by atoms with Crippen molar-refractivity contribution in [1.29, 1.82) is 0 Å². The highest BCUT2D eigenvalue weighted by atomic mass is 35.5. The van der Waals surface area contributed by atoms with Gasteiger partial charge in [0.15, 0.2) is 5.84 Å². The molecule has 4 rings (SSSR count). The molecule has 7 nitrogen and oxygen atoms in total. The van der Waals surface area contributed by atoms with Gasteiger partial charge >= 0.3 is 5.97 Å². The van der Waals surface area contributed by atoms with Crippen LogP contribution in [0.3, 0.4) is 0 Å². The molecule has 0 bridgehead atoms. The summed E-state index contributed by atoms with van der Waals surface area (Å²) in [5, 5.41) is 0.417. The second-order valence-corrected chi connectivity index (χ2v) is 8.35. The predicted molar refractivity (Wildman–Crippen MR) is 113 cm³/mol. The van der Waals surface area contributed by atoms with Crippen LogP contribution >= 0.6 is 11.6 Å². The van der Waals surface area contributed by atoms with E-state index in [0.29, 0.717) is 21.8 Å². The maximum Gasteiger partial charge on any atom is 0.339 e. The number of pyridine rings is 1. The van der Waals surface area contributed by atoms with Gasteiger partial charge in [0.1, 0.15) is 11.5 Å². The van der Waals surface area contributed by atoms with E-state index in [2.05, 4.69) is 9.38 Å². The Balaban J connectivity index is 1.64. The highest BCUT2D eigenvalue weighted by molar-refractivity contribution is 7.90. The number of para-hydroxylation sites is 1. The number of hydrogen-bond acceptors (Lipinski definition) is 6. The van der Waals surface area contributed by atoms with Gasteiger partial charge in [0.25, 0.3) is 10.0 Å². The van der Waals surface area contributed by atoms with Gasteiger partial charge in [-0.2, -0.15) is 8.42 Å². The van der Waals surface area contributed by atoms with E-state index in [-0.39, 0.29) is 23.9 Å². The van der Waals surface area contributed by atoms with Crippen molar-refractivity contribution in [2.45, 2.75) is 4.90 Å². The lowest BCUT2D eigenvalue weighted by Gasteiger charge is -2.25. The molecule has 1 aromatic heterocycles. The minimum absolute atomic E-state index is 0.0137. The topological polar surface area (TPSA) is 88.9 Å². The number of amidine groups is 1. The Morgan fingerprint density at radius 3 is 2.57 bits per heavy atom. The number of aromatic nitrogens is 1. The number of benzene rings is 2. The van der Waals surface area contributed by atoms with Crippen LogP contribution in [-0.2, 0) is 14.8 Å². The van der Waals surface area contributed by atoms with Crippen molar-refractivity contribution in [3.63, 3.8) is 0 Å².